The predicted octanol–water partition coefficient (Wildman–Crippen LogP) is 2.60. The summed E-state index contributed by atoms with van der Waals surface area (Å²) in [6.07, 6.45) is 5.32. The third kappa shape index (κ3) is 4.27. The summed E-state index contributed by atoms with van der Waals surface area (Å²) in [4.78, 5) is 4.26. The molecule has 1 aromatic rings. The van der Waals surface area contributed by atoms with E-state index in [1.54, 1.807) is 24.3 Å². The van der Waals surface area contributed by atoms with Crippen LogP contribution in [0.2, 0.25) is 0 Å². The predicted molar refractivity (Wildman–Crippen MR) is 100 cm³/mol. The molecule has 0 bridgehead atoms. The van der Waals surface area contributed by atoms with Crippen LogP contribution in [0.3, 0.4) is 0 Å². The molecule has 146 valence electrons. The molecule has 0 aliphatic carbocycles. The van der Waals surface area contributed by atoms with Gasteiger partial charge in [-0.15, -0.1) is 0 Å². The molecule has 2 saturated heterocycles. The molecular weight excluding hydrogens is 352 g/mol. The van der Waals surface area contributed by atoms with Gasteiger partial charge in [-0.1, -0.05) is 6.07 Å². The molecule has 1 aromatic heterocycles. The molecule has 2 fully saturated rings. The Labute approximate surface area is 156 Å². The van der Waals surface area contributed by atoms with Crippen LogP contribution in [0, 0.1) is 5.92 Å². The molecule has 2 aliphatic heterocycles. The monoisotopic (exact) mass is 382 g/mol. The van der Waals surface area contributed by atoms with Gasteiger partial charge in [0.05, 0.1) is 23.2 Å². The fraction of sp³-hybridized carbons (Fsp3) is 0.737. The highest BCUT2D eigenvalue weighted by Crippen LogP contribution is 2.43. The third-order valence-electron chi connectivity index (χ3n) is 5.71. The van der Waals surface area contributed by atoms with Crippen LogP contribution in [0.4, 0.5) is 0 Å². The summed E-state index contributed by atoms with van der Waals surface area (Å²) in [5.74, 6) is 0.440. The Morgan fingerprint density at radius 1 is 1.35 bits per heavy atom. The zero-order valence-electron chi connectivity index (χ0n) is 15.8. The molecule has 6 nitrogen and oxygen atoms in total. The van der Waals surface area contributed by atoms with E-state index in [1.807, 2.05) is 18.2 Å². The summed E-state index contributed by atoms with van der Waals surface area (Å²) in [6.45, 7) is 6.59. The fourth-order valence-corrected chi connectivity index (χ4v) is 5.34. The topological polar surface area (TPSA) is 68.7 Å². The Kier molecular flexibility index (Phi) is 6.33. The lowest BCUT2D eigenvalue weighted by Gasteiger charge is -2.42. The first kappa shape index (κ1) is 19.7. The lowest BCUT2D eigenvalue weighted by atomic mass is 9.78. The van der Waals surface area contributed by atoms with Crippen LogP contribution in [0.1, 0.15) is 45.2 Å². The first-order valence-electron chi connectivity index (χ1n) is 9.55. The van der Waals surface area contributed by atoms with Crippen LogP contribution in [0.25, 0.3) is 0 Å². The molecule has 0 N–H and O–H groups in total. The third-order valence-corrected chi connectivity index (χ3v) is 7.99. The number of ether oxygens (including phenoxy) is 2. The van der Waals surface area contributed by atoms with Gasteiger partial charge in [0.25, 0.3) is 0 Å². The van der Waals surface area contributed by atoms with Crippen molar-refractivity contribution in [1.29, 1.82) is 0 Å². The van der Waals surface area contributed by atoms with E-state index < -0.39 is 10.0 Å². The SMILES string of the molecule is CC(C)S(=O)(=O)N1CCC2(CC1)OCC[C@@H]2CCOCc1ccccn1. The minimum atomic E-state index is -3.17. The number of sulfonamides is 1. The van der Waals surface area contributed by atoms with Gasteiger partial charge in [-0.3, -0.25) is 4.98 Å². The average Bonchev–Trinajstić information content (AvgIpc) is 3.02. The molecule has 2 aliphatic rings. The summed E-state index contributed by atoms with van der Waals surface area (Å²) < 4.78 is 38.3. The molecule has 0 radical (unpaired) electrons. The lowest BCUT2D eigenvalue weighted by molar-refractivity contribution is -0.0619. The summed E-state index contributed by atoms with van der Waals surface area (Å²) in [5.41, 5.74) is 0.772. The Morgan fingerprint density at radius 2 is 2.12 bits per heavy atom. The summed E-state index contributed by atoms with van der Waals surface area (Å²) in [7, 11) is -3.17. The van der Waals surface area contributed by atoms with E-state index in [-0.39, 0.29) is 10.9 Å². The van der Waals surface area contributed by atoms with E-state index in [1.165, 1.54) is 0 Å². The second-order valence-corrected chi connectivity index (χ2v) is 10.0. The Balaban J connectivity index is 1.49. The largest absolute Gasteiger partial charge is 0.375 e. The molecule has 0 unspecified atom stereocenters. The lowest BCUT2D eigenvalue weighted by Crippen LogP contribution is -2.50. The quantitative estimate of drug-likeness (QED) is 0.678. The molecule has 1 spiro atoms. The highest BCUT2D eigenvalue weighted by Gasteiger charge is 2.47. The second kappa shape index (κ2) is 8.33. The molecule has 1 atom stereocenters. The van der Waals surface area contributed by atoms with Crippen LogP contribution >= 0.6 is 0 Å². The van der Waals surface area contributed by atoms with Gasteiger partial charge in [0.1, 0.15) is 0 Å². The fourth-order valence-electron chi connectivity index (χ4n) is 4.05. The van der Waals surface area contributed by atoms with Gasteiger partial charge >= 0.3 is 0 Å². The number of pyridine rings is 1. The maximum atomic E-state index is 12.4. The van der Waals surface area contributed by atoms with Crippen LogP contribution in [0.5, 0.6) is 0 Å². The van der Waals surface area contributed by atoms with Crippen LogP contribution in [-0.4, -0.2) is 54.9 Å². The van der Waals surface area contributed by atoms with Crippen molar-refractivity contribution in [1.82, 2.24) is 9.29 Å². The van der Waals surface area contributed by atoms with E-state index in [9.17, 15) is 8.42 Å². The van der Waals surface area contributed by atoms with Crippen LogP contribution < -0.4 is 0 Å². The molecule has 26 heavy (non-hydrogen) atoms. The zero-order valence-corrected chi connectivity index (χ0v) is 16.6. The molecular formula is C19H30N2O4S. The summed E-state index contributed by atoms with van der Waals surface area (Å²) in [5, 5.41) is -0.364. The van der Waals surface area contributed by atoms with E-state index in [0.717, 1.165) is 38.0 Å². The number of rotatable bonds is 7. The normalized spacial score (nSPS) is 23.7. The van der Waals surface area contributed by atoms with Crippen molar-refractivity contribution >= 4 is 10.0 Å². The van der Waals surface area contributed by atoms with Gasteiger partial charge < -0.3 is 9.47 Å². The van der Waals surface area contributed by atoms with Crippen LogP contribution in [-0.2, 0) is 26.1 Å². The zero-order chi connectivity index (χ0) is 18.6. The maximum absolute atomic E-state index is 12.4. The molecule has 7 heteroatoms. The molecule has 0 aromatic carbocycles. The van der Waals surface area contributed by atoms with E-state index >= 15 is 0 Å². The van der Waals surface area contributed by atoms with Crippen molar-refractivity contribution in [2.75, 3.05) is 26.3 Å². The minimum absolute atomic E-state index is 0.169. The van der Waals surface area contributed by atoms with Gasteiger partial charge in [-0.05, 0) is 57.6 Å². The molecule has 0 saturated carbocycles. The Morgan fingerprint density at radius 3 is 2.77 bits per heavy atom. The number of nitrogens with zero attached hydrogens (tertiary/aromatic N) is 2. The van der Waals surface area contributed by atoms with Gasteiger partial charge in [-0.2, -0.15) is 0 Å². The van der Waals surface area contributed by atoms with Gasteiger partial charge in [0, 0.05) is 32.5 Å². The van der Waals surface area contributed by atoms with Crippen molar-refractivity contribution in [3.05, 3.63) is 30.1 Å². The molecule has 3 heterocycles. The molecule has 0 amide bonds. The van der Waals surface area contributed by atoms with Crippen molar-refractivity contribution in [2.24, 2.45) is 5.92 Å². The van der Waals surface area contributed by atoms with Gasteiger partial charge in [0.2, 0.25) is 10.0 Å². The highest BCUT2D eigenvalue weighted by atomic mass is 32.2. The Bertz CT molecular complexity index is 670. The number of hydrogen-bond donors (Lipinski definition) is 0. The van der Waals surface area contributed by atoms with Crippen LogP contribution in [0.15, 0.2) is 24.4 Å². The first-order chi connectivity index (χ1) is 12.4. The van der Waals surface area contributed by atoms with Gasteiger partial charge in [-0.25, -0.2) is 12.7 Å². The minimum Gasteiger partial charge on any atom is -0.375 e. The highest BCUT2D eigenvalue weighted by molar-refractivity contribution is 7.89. The van der Waals surface area contributed by atoms with E-state index in [2.05, 4.69) is 4.98 Å². The maximum Gasteiger partial charge on any atom is 0.216 e. The summed E-state index contributed by atoms with van der Waals surface area (Å²) in [6, 6.07) is 5.82. The standard InChI is InChI=1S/C19H30N2O4S/c1-16(2)26(22,23)21-11-8-19(9-12-21)17(7-14-25-19)6-13-24-15-18-5-3-4-10-20-18/h3-5,10,16-17H,6-9,11-15H2,1-2H3/t17-/m0/s1. The van der Waals surface area contributed by atoms with E-state index in [4.69, 9.17) is 9.47 Å². The van der Waals surface area contributed by atoms with E-state index in [0.29, 0.717) is 32.2 Å². The smallest absolute Gasteiger partial charge is 0.216 e. The molecule has 3 rings (SSSR count). The van der Waals surface area contributed by atoms with Gasteiger partial charge in [0.15, 0.2) is 0 Å². The second-order valence-electron chi connectivity index (χ2n) is 7.55. The average molecular weight is 383 g/mol. The number of piperidine rings is 1. The van der Waals surface area contributed by atoms with Crippen molar-refractivity contribution in [3.8, 4) is 0 Å². The number of aromatic nitrogens is 1. The van der Waals surface area contributed by atoms with Crippen molar-refractivity contribution in [3.63, 3.8) is 0 Å². The van der Waals surface area contributed by atoms with Crippen molar-refractivity contribution < 1.29 is 17.9 Å². The number of hydrogen-bond acceptors (Lipinski definition) is 5. The summed E-state index contributed by atoms with van der Waals surface area (Å²) >= 11 is 0. The van der Waals surface area contributed by atoms with Crippen molar-refractivity contribution in [2.45, 2.75) is 57.0 Å². The Hall–Kier alpha value is -1.02. The first-order valence-corrected chi connectivity index (χ1v) is 11.0.